The maximum absolute atomic E-state index is 13.7. The number of ether oxygens (including phenoxy) is 1. The third-order valence-electron chi connectivity index (χ3n) is 4.76. The van der Waals surface area contributed by atoms with Crippen molar-refractivity contribution in [1.29, 1.82) is 0 Å². The second-order valence-corrected chi connectivity index (χ2v) is 9.05. The highest BCUT2D eigenvalue weighted by Crippen LogP contribution is 2.54. The molecule has 33 heavy (non-hydrogen) atoms. The van der Waals surface area contributed by atoms with E-state index in [1.54, 1.807) is 0 Å². The summed E-state index contributed by atoms with van der Waals surface area (Å²) in [5.41, 5.74) is 3.29. The van der Waals surface area contributed by atoms with Crippen LogP contribution in [0.1, 0.15) is 18.0 Å². The zero-order chi connectivity index (χ0) is 24.2. The number of aliphatic hydroxyl groups excluding tert-OH is 2. The number of nitrogens with two attached hydrogens (primary N) is 1. The summed E-state index contributed by atoms with van der Waals surface area (Å²) < 4.78 is 33.0. The Bertz CT molecular complexity index is 1190. The van der Waals surface area contributed by atoms with Gasteiger partial charge in [-0.05, 0) is 13.0 Å². The van der Waals surface area contributed by atoms with E-state index >= 15 is 0 Å². The molecular formula is C17H25N6O9P. The summed E-state index contributed by atoms with van der Waals surface area (Å²) in [6.45, 7) is 0.706. The Kier molecular flexibility index (Phi) is 7.97. The number of aryl methyl sites for hydroxylation is 1. The van der Waals surface area contributed by atoms with Gasteiger partial charge in [-0.2, -0.15) is 4.98 Å². The highest BCUT2D eigenvalue weighted by Gasteiger charge is 2.39. The van der Waals surface area contributed by atoms with Crippen LogP contribution in [0.4, 0.5) is 5.82 Å². The van der Waals surface area contributed by atoms with Crippen molar-refractivity contribution in [2.75, 3.05) is 45.3 Å². The fraction of sp³-hybridized carbons (Fsp3) is 0.529. The van der Waals surface area contributed by atoms with Crippen LogP contribution in [0.15, 0.2) is 32.8 Å². The molecule has 0 aliphatic carbocycles. The van der Waals surface area contributed by atoms with E-state index in [4.69, 9.17) is 19.5 Å². The van der Waals surface area contributed by atoms with Gasteiger partial charge in [-0.1, -0.05) is 0 Å². The predicted octanol–water partition coefficient (Wildman–Crippen LogP) is -1.86. The van der Waals surface area contributed by atoms with Gasteiger partial charge in [0.15, 0.2) is 12.5 Å². The smallest absolute Gasteiger partial charge is 0.392 e. The molecule has 0 radical (unpaired) electrons. The number of nitrogens with zero attached hydrogens (tertiary/aromatic N) is 4. The molecular weight excluding hydrogens is 463 g/mol. The topological polar surface area (TPSA) is 204 Å². The van der Waals surface area contributed by atoms with E-state index in [-0.39, 0.29) is 37.7 Å². The van der Waals surface area contributed by atoms with E-state index in [9.17, 15) is 29.2 Å². The van der Waals surface area contributed by atoms with Crippen molar-refractivity contribution in [3.8, 4) is 0 Å². The van der Waals surface area contributed by atoms with Crippen molar-refractivity contribution < 1.29 is 28.6 Å². The van der Waals surface area contributed by atoms with Gasteiger partial charge in [-0.15, -0.1) is 0 Å². The zero-order valence-corrected chi connectivity index (χ0v) is 18.6. The number of rotatable bonds is 9. The van der Waals surface area contributed by atoms with Gasteiger partial charge in [-0.3, -0.25) is 28.0 Å². The predicted molar refractivity (Wildman–Crippen MR) is 113 cm³/mol. The van der Waals surface area contributed by atoms with Gasteiger partial charge in [0.05, 0.1) is 19.8 Å². The number of morpholine rings is 1. The van der Waals surface area contributed by atoms with Crippen LogP contribution in [0.3, 0.4) is 0 Å². The molecule has 3 atom stereocenters. The molecule has 0 amide bonds. The number of hydrogen-bond donors (Lipinski definition) is 4. The van der Waals surface area contributed by atoms with Crippen molar-refractivity contribution in [1.82, 2.24) is 23.8 Å². The molecule has 3 unspecified atom stereocenters. The zero-order valence-electron chi connectivity index (χ0n) is 17.7. The fourth-order valence-corrected chi connectivity index (χ4v) is 4.81. The Morgan fingerprint density at radius 2 is 2.00 bits per heavy atom. The molecule has 2 aromatic rings. The highest BCUT2D eigenvalue weighted by molar-refractivity contribution is 7.51. The fourth-order valence-electron chi connectivity index (χ4n) is 3.00. The summed E-state index contributed by atoms with van der Waals surface area (Å²) >= 11 is 0. The molecule has 3 heterocycles. The number of aromatic amines is 1. The average Bonchev–Trinajstić information content (AvgIpc) is 2.79. The second kappa shape index (κ2) is 10.5. The van der Waals surface area contributed by atoms with Crippen LogP contribution in [0.25, 0.3) is 0 Å². The summed E-state index contributed by atoms with van der Waals surface area (Å²) in [5.74, 6) is -0.0506. The van der Waals surface area contributed by atoms with Crippen LogP contribution in [0.2, 0.25) is 0 Å². The molecule has 0 bridgehead atoms. The lowest BCUT2D eigenvalue weighted by Crippen LogP contribution is -2.38. The minimum Gasteiger partial charge on any atom is -0.392 e. The molecule has 0 aromatic carbocycles. The van der Waals surface area contributed by atoms with Crippen LogP contribution in [-0.2, 0) is 18.3 Å². The maximum Gasteiger partial charge on any atom is 0.410 e. The number of nitrogens with one attached hydrogen (secondary N) is 1. The largest absolute Gasteiger partial charge is 0.410 e. The van der Waals surface area contributed by atoms with Gasteiger partial charge in [0.25, 0.3) is 5.56 Å². The summed E-state index contributed by atoms with van der Waals surface area (Å²) in [4.78, 5) is 41.3. The molecule has 1 aliphatic rings. The molecule has 0 spiro atoms. The third kappa shape index (κ3) is 5.83. The number of anilines is 1. The first-order valence-corrected chi connectivity index (χ1v) is 11.4. The standard InChI is InChI=1S/C17H25N6O9P/c1-11-8-23(17(28)20-15(11)26)13(25)10-31-33(29,21-4-6-30-7-5-21)32-14(9-24)22-3-2-12(18)19-16(22)27/h2-3,8,13-14,24-25H,4-7,9-10H2,1H3,(H2,18,19,27)(H,20,26,28). The van der Waals surface area contributed by atoms with Gasteiger partial charge in [0, 0.05) is 31.0 Å². The normalized spacial score (nSPS) is 18.5. The lowest BCUT2D eigenvalue weighted by atomic mass is 10.4. The Morgan fingerprint density at radius 1 is 1.30 bits per heavy atom. The average molecular weight is 488 g/mol. The minimum atomic E-state index is -4.25. The van der Waals surface area contributed by atoms with Gasteiger partial charge in [0.1, 0.15) is 12.4 Å². The van der Waals surface area contributed by atoms with E-state index in [0.717, 1.165) is 15.3 Å². The molecule has 2 aromatic heterocycles. The number of aliphatic hydroxyl groups is 2. The molecule has 1 saturated heterocycles. The Labute approximate surface area is 186 Å². The monoisotopic (exact) mass is 488 g/mol. The third-order valence-corrected chi connectivity index (χ3v) is 6.84. The second-order valence-electron chi connectivity index (χ2n) is 7.07. The number of nitrogen functional groups attached to an aromatic ring is 1. The van der Waals surface area contributed by atoms with Gasteiger partial charge >= 0.3 is 19.1 Å². The highest BCUT2D eigenvalue weighted by atomic mass is 31.2. The number of aromatic nitrogens is 4. The molecule has 182 valence electrons. The molecule has 1 fully saturated rings. The van der Waals surface area contributed by atoms with Crippen molar-refractivity contribution in [2.24, 2.45) is 0 Å². The van der Waals surface area contributed by atoms with Crippen LogP contribution < -0.4 is 22.7 Å². The summed E-state index contributed by atoms with van der Waals surface area (Å²) in [6, 6.07) is 1.29. The molecule has 15 nitrogen and oxygen atoms in total. The summed E-state index contributed by atoms with van der Waals surface area (Å²) in [7, 11) is -4.25. The van der Waals surface area contributed by atoms with E-state index in [1.807, 2.05) is 4.98 Å². The minimum absolute atomic E-state index is 0.0506. The number of hydrogen-bond acceptors (Lipinski definition) is 11. The van der Waals surface area contributed by atoms with E-state index in [1.165, 1.54) is 23.9 Å². The van der Waals surface area contributed by atoms with Crippen LogP contribution in [-0.4, -0.2) is 73.5 Å². The number of H-pyrrole nitrogens is 1. The maximum atomic E-state index is 13.7. The quantitative estimate of drug-likeness (QED) is 0.287. The Balaban J connectivity index is 1.86. The van der Waals surface area contributed by atoms with Crippen LogP contribution >= 0.6 is 7.75 Å². The summed E-state index contributed by atoms with van der Waals surface area (Å²) in [5, 5.41) is 20.2. The first-order valence-electron chi connectivity index (χ1n) is 9.86. The lowest BCUT2D eigenvalue weighted by molar-refractivity contribution is -0.0146. The van der Waals surface area contributed by atoms with Crippen molar-refractivity contribution in [3.63, 3.8) is 0 Å². The molecule has 5 N–H and O–H groups in total. The van der Waals surface area contributed by atoms with Crippen LogP contribution in [0.5, 0.6) is 0 Å². The first-order chi connectivity index (χ1) is 15.6. The molecule has 0 saturated carbocycles. The van der Waals surface area contributed by atoms with Gasteiger partial charge in [-0.25, -0.2) is 18.8 Å². The summed E-state index contributed by atoms with van der Waals surface area (Å²) in [6.07, 6.45) is -0.729. The molecule has 1 aliphatic heterocycles. The van der Waals surface area contributed by atoms with E-state index < -0.39 is 50.4 Å². The van der Waals surface area contributed by atoms with Gasteiger partial charge in [0.2, 0.25) is 0 Å². The van der Waals surface area contributed by atoms with Crippen molar-refractivity contribution >= 4 is 13.6 Å². The van der Waals surface area contributed by atoms with Crippen molar-refractivity contribution in [3.05, 3.63) is 55.3 Å². The first kappa shape index (κ1) is 25.0. The van der Waals surface area contributed by atoms with E-state index in [0.29, 0.717) is 0 Å². The van der Waals surface area contributed by atoms with Crippen molar-refractivity contribution in [2.45, 2.75) is 19.4 Å². The van der Waals surface area contributed by atoms with E-state index in [2.05, 4.69) is 4.98 Å². The molecule has 16 heteroatoms. The SMILES string of the molecule is Cc1cn(C(O)COP(=O)(OC(CO)n2ccc(N)nc2=O)N2CCOCC2)c(=O)[nH]c1=O. The lowest BCUT2D eigenvalue weighted by Gasteiger charge is -2.35. The van der Waals surface area contributed by atoms with Gasteiger partial charge < -0.3 is 20.7 Å². The molecule has 3 rings (SSSR count). The van der Waals surface area contributed by atoms with Crippen LogP contribution in [0, 0.1) is 6.92 Å². The Hall–Kier alpha value is -2.65. The Morgan fingerprint density at radius 3 is 2.64 bits per heavy atom.